The van der Waals surface area contributed by atoms with Gasteiger partial charge in [-0.05, 0) is 47.1 Å². The van der Waals surface area contributed by atoms with Crippen LogP contribution in [0.5, 0.6) is 0 Å². The molecule has 1 unspecified atom stereocenters. The van der Waals surface area contributed by atoms with Gasteiger partial charge in [-0.25, -0.2) is 4.79 Å². The Bertz CT molecular complexity index is 276. The van der Waals surface area contributed by atoms with Crippen LogP contribution in [0.25, 0.3) is 0 Å². The van der Waals surface area contributed by atoms with E-state index in [1.54, 1.807) is 4.90 Å². The van der Waals surface area contributed by atoms with Gasteiger partial charge in [0.25, 0.3) is 0 Å². The Balaban J connectivity index is 2.17. The lowest BCUT2D eigenvalue weighted by Crippen LogP contribution is -2.38. The number of amides is 1. The van der Waals surface area contributed by atoms with Gasteiger partial charge in [0.1, 0.15) is 5.60 Å². The number of ether oxygens (including phenoxy) is 2. The summed E-state index contributed by atoms with van der Waals surface area (Å²) in [7, 11) is 0. The summed E-state index contributed by atoms with van der Waals surface area (Å²) in [5.41, 5.74) is -0.417. The molecule has 0 spiro atoms. The second-order valence-electron chi connectivity index (χ2n) is 5.92. The van der Waals surface area contributed by atoms with Crippen LogP contribution in [0.4, 0.5) is 4.79 Å². The average Bonchev–Trinajstić information content (AvgIpc) is 2.75. The Morgan fingerprint density at radius 3 is 2.79 bits per heavy atom. The van der Waals surface area contributed by atoms with Gasteiger partial charge in [0, 0.05) is 32.3 Å². The molecule has 0 saturated carbocycles. The molecule has 5 heteroatoms. The summed E-state index contributed by atoms with van der Waals surface area (Å²) in [6.07, 6.45) is 1.80. The molecule has 0 bridgehead atoms. The van der Waals surface area contributed by atoms with E-state index in [1.807, 2.05) is 27.7 Å². The van der Waals surface area contributed by atoms with Crippen molar-refractivity contribution in [1.82, 2.24) is 10.2 Å². The quantitative estimate of drug-likeness (QED) is 0.752. The first kappa shape index (κ1) is 16.2. The lowest BCUT2D eigenvalue weighted by atomic mass is 10.2. The number of rotatable bonds is 6. The number of carbonyl (C=O) groups excluding carboxylic acids is 1. The van der Waals surface area contributed by atoms with Crippen molar-refractivity contribution in [1.29, 1.82) is 0 Å². The minimum atomic E-state index is -0.417. The molecule has 1 heterocycles. The molecule has 0 aromatic carbocycles. The van der Waals surface area contributed by atoms with Crippen LogP contribution in [0.2, 0.25) is 0 Å². The molecule has 19 heavy (non-hydrogen) atoms. The molecule has 1 amide bonds. The van der Waals surface area contributed by atoms with Gasteiger partial charge in [-0.15, -0.1) is 0 Å². The van der Waals surface area contributed by atoms with E-state index in [9.17, 15) is 4.79 Å². The molecule has 0 aromatic heterocycles. The summed E-state index contributed by atoms with van der Waals surface area (Å²) in [4.78, 5) is 13.7. The van der Waals surface area contributed by atoms with Crippen LogP contribution >= 0.6 is 0 Å². The van der Waals surface area contributed by atoms with Gasteiger partial charge in [-0.3, -0.25) is 0 Å². The van der Waals surface area contributed by atoms with Crippen molar-refractivity contribution in [3.63, 3.8) is 0 Å². The molecule has 1 aliphatic heterocycles. The second-order valence-corrected chi connectivity index (χ2v) is 5.92. The van der Waals surface area contributed by atoms with Crippen LogP contribution in [0.3, 0.4) is 0 Å². The van der Waals surface area contributed by atoms with Crippen LogP contribution < -0.4 is 5.32 Å². The zero-order valence-corrected chi connectivity index (χ0v) is 12.7. The minimum absolute atomic E-state index is 0.203. The highest BCUT2D eigenvalue weighted by atomic mass is 16.6. The van der Waals surface area contributed by atoms with Crippen molar-refractivity contribution in [2.24, 2.45) is 0 Å². The molecule has 1 rings (SSSR count). The Hall–Kier alpha value is -0.810. The topological polar surface area (TPSA) is 50.8 Å². The van der Waals surface area contributed by atoms with Gasteiger partial charge in [0.2, 0.25) is 0 Å². The van der Waals surface area contributed by atoms with E-state index in [4.69, 9.17) is 9.47 Å². The van der Waals surface area contributed by atoms with E-state index >= 15 is 0 Å². The molecule has 1 aliphatic rings. The standard InChI is InChI=1S/C14H28N2O3/c1-5-18-10-6-8-15-12-7-9-16(11-12)13(17)19-14(2,3)4/h12,15H,5-11H2,1-4H3. The van der Waals surface area contributed by atoms with E-state index < -0.39 is 5.60 Å². The molecule has 1 saturated heterocycles. The fraction of sp³-hybridized carbons (Fsp3) is 0.929. The van der Waals surface area contributed by atoms with E-state index in [2.05, 4.69) is 5.32 Å². The van der Waals surface area contributed by atoms with Gasteiger partial charge in [0.05, 0.1) is 0 Å². The van der Waals surface area contributed by atoms with Crippen molar-refractivity contribution < 1.29 is 14.3 Å². The third-order valence-corrected chi connectivity index (χ3v) is 2.94. The monoisotopic (exact) mass is 272 g/mol. The predicted molar refractivity (Wildman–Crippen MR) is 75.3 cm³/mol. The first-order chi connectivity index (χ1) is 8.92. The average molecular weight is 272 g/mol. The van der Waals surface area contributed by atoms with Gasteiger partial charge in [-0.2, -0.15) is 0 Å². The zero-order valence-electron chi connectivity index (χ0n) is 12.7. The minimum Gasteiger partial charge on any atom is -0.444 e. The van der Waals surface area contributed by atoms with Crippen molar-refractivity contribution in [3.8, 4) is 0 Å². The molecule has 1 atom stereocenters. The Kier molecular flexibility index (Phi) is 6.58. The van der Waals surface area contributed by atoms with Gasteiger partial charge >= 0.3 is 6.09 Å². The maximum Gasteiger partial charge on any atom is 0.410 e. The largest absolute Gasteiger partial charge is 0.444 e. The number of nitrogens with zero attached hydrogens (tertiary/aromatic N) is 1. The number of nitrogens with one attached hydrogen (secondary N) is 1. The Labute approximate surface area is 116 Å². The Morgan fingerprint density at radius 1 is 1.42 bits per heavy atom. The molecule has 0 radical (unpaired) electrons. The lowest BCUT2D eigenvalue weighted by molar-refractivity contribution is 0.0291. The molecular formula is C14H28N2O3. The number of hydrogen-bond donors (Lipinski definition) is 1. The number of likely N-dealkylation sites (tertiary alicyclic amines) is 1. The number of hydrogen-bond acceptors (Lipinski definition) is 4. The molecule has 1 N–H and O–H groups in total. The molecule has 5 nitrogen and oxygen atoms in total. The van der Waals surface area contributed by atoms with Crippen molar-refractivity contribution in [2.75, 3.05) is 32.8 Å². The normalized spacial score (nSPS) is 19.8. The summed E-state index contributed by atoms with van der Waals surface area (Å²) in [6, 6.07) is 0.383. The molecule has 1 fully saturated rings. The maximum absolute atomic E-state index is 11.9. The van der Waals surface area contributed by atoms with Gasteiger partial charge in [0.15, 0.2) is 0 Å². The van der Waals surface area contributed by atoms with E-state index in [0.29, 0.717) is 6.04 Å². The predicted octanol–water partition coefficient (Wildman–Crippen LogP) is 2.01. The first-order valence-corrected chi connectivity index (χ1v) is 7.21. The highest BCUT2D eigenvalue weighted by molar-refractivity contribution is 5.68. The van der Waals surface area contributed by atoms with E-state index in [-0.39, 0.29) is 6.09 Å². The lowest BCUT2D eigenvalue weighted by Gasteiger charge is -2.24. The second kappa shape index (κ2) is 7.70. The van der Waals surface area contributed by atoms with Crippen molar-refractivity contribution in [3.05, 3.63) is 0 Å². The molecule has 0 aromatic rings. The summed E-state index contributed by atoms with van der Waals surface area (Å²) in [5, 5.41) is 3.46. The highest BCUT2D eigenvalue weighted by Gasteiger charge is 2.29. The van der Waals surface area contributed by atoms with Crippen molar-refractivity contribution in [2.45, 2.75) is 52.2 Å². The van der Waals surface area contributed by atoms with Crippen LogP contribution in [0.15, 0.2) is 0 Å². The van der Waals surface area contributed by atoms with Gasteiger partial charge < -0.3 is 19.7 Å². The summed E-state index contributed by atoms with van der Waals surface area (Å²) < 4.78 is 10.7. The highest BCUT2D eigenvalue weighted by Crippen LogP contribution is 2.15. The fourth-order valence-corrected chi connectivity index (χ4v) is 2.04. The summed E-state index contributed by atoms with van der Waals surface area (Å²) in [6.45, 7) is 11.7. The SMILES string of the molecule is CCOCCCNC1CCN(C(=O)OC(C)(C)C)C1. The van der Waals surface area contributed by atoms with Crippen LogP contribution in [0, 0.1) is 0 Å². The van der Waals surface area contributed by atoms with Crippen LogP contribution in [0.1, 0.15) is 40.5 Å². The van der Waals surface area contributed by atoms with Crippen LogP contribution in [-0.4, -0.2) is 55.5 Å². The van der Waals surface area contributed by atoms with E-state index in [0.717, 1.165) is 45.7 Å². The summed E-state index contributed by atoms with van der Waals surface area (Å²) >= 11 is 0. The zero-order chi connectivity index (χ0) is 14.3. The summed E-state index contributed by atoms with van der Waals surface area (Å²) in [5.74, 6) is 0. The Morgan fingerprint density at radius 2 is 2.16 bits per heavy atom. The van der Waals surface area contributed by atoms with Crippen LogP contribution in [-0.2, 0) is 9.47 Å². The molecule has 0 aliphatic carbocycles. The molecular weight excluding hydrogens is 244 g/mol. The molecule has 112 valence electrons. The fourth-order valence-electron chi connectivity index (χ4n) is 2.04. The first-order valence-electron chi connectivity index (χ1n) is 7.21. The van der Waals surface area contributed by atoms with Gasteiger partial charge in [-0.1, -0.05) is 0 Å². The smallest absolute Gasteiger partial charge is 0.410 e. The third kappa shape index (κ3) is 6.78. The maximum atomic E-state index is 11.9. The number of carbonyl (C=O) groups is 1. The van der Waals surface area contributed by atoms with E-state index in [1.165, 1.54) is 0 Å². The third-order valence-electron chi connectivity index (χ3n) is 2.94. The van der Waals surface area contributed by atoms with Crippen molar-refractivity contribution >= 4 is 6.09 Å².